The number of nitrogens with zero attached hydrogens (tertiary/aromatic N) is 1. The van der Waals surface area contributed by atoms with Gasteiger partial charge in [0.05, 0.1) is 25.5 Å². The topological polar surface area (TPSA) is 132 Å². The van der Waals surface area contributed by atoms with E-state index in [1.807, 2.05) is 0 Å². The summed E-state index contributed by atoms with van der Waals surface area (Å²) < 4.78 is 15.7. The number of aryl methyl sites for hydroxylation is 1. The molecule has 12 heteroatoms. The van der Waals surface area contributed by atoms with Crippen molar-refractivity contribution in [2.24, 2.45) is 5.10 Å². The van der Waals surface area contributed by atoms with Gasteiger partial charge >= 0.3 is 23.8 Å². The summed E-state index contributed by atoms with van der Waals surface area (Å²) in [6.45, 7) is 1.63. The first kappa shape index (κ1) is 27.0. The van der Waals surface area contributed by atoms with Crippen molar-refractivity contribution < 1.29 is 33.4 Å². The lowest BCUT2D eigenvalue weighted by atomic mass is 9.95. The van der Waals surface area contributed by atoms with Gasteiger partial charge in [0.15, 0.2) is 11.5 Å². The predicted octanol–water partition coefficient (Wildman–Crippen LogP) is 4.18. The van der Waals surface area contributed by atoms with Gasteiger partial charge in [-0.2, -0.15) is 5.10 Å². The van der Waals surface area contributed by atoms with E-state index in [0.717, 1.165) is 36.1 Å². The second kappa shape index (κ2) is 12.0. The Labute approximate surface area is 226 Å². The highest BCUT2D eigenvalue weighted by atomic mass is 32.1. The first-order valence-electron chi connectivity index (χ1n) is 11.6. The Balaban J connectivity index is 1.43. The molecule has 1 aliphatic carbocycles. The van der Waals surface area contributed by atoms with Crippen LogP contribution in [0.2, 0.25) is 0 Å². The van der Waals surface area contributed by atoms with Crippen LogP contribution in [0.1, 0.15) is 55.8 Å². The summed E-state index contributed by atoms with van der Waals surface area (Å²) in [7, 11) is 2.71. The number of carbonyl (C=O) groups excluding carboxylic acids is 4. The normalized spacial score (nSPS) is 12.8. The molecule has 2 aromatic heterocycles. The first-order chi connectivity index (χ1) is 18.3. The van der Waals surface area contributed by atoms with Crippen molar-refractivity contribution >= 4 is 57.1 Å². The lowest BCUT2D eigenvalue weighted by Crippen LogP contribution is -2.33. The molecule has 1 aromatic carbocycles. The van der Waals surface area contributed by atoms with Crippen molar-refractivity contribution in [1.82, 2.24) is 5.43 Å². The summed E-state index contributed by atoms with van der Waals surface area (Å²) in [5.41, 5.74) is 4.35. The van der Waals surface area contributed by atoms with Crippen LogP contribution in [0.4, 0.5) is 5.00 Å². The van der Waals surface area contributed by atoms with Crippen LogP contribution in [0.5, 0.6) is 11.5 Å². The molecule has 0 radical (unpaired) electrons. The highest BCUT2D eigenvalue weighted by molar-refractivity contribution is 7.17. The fourth-order valence-electron chi connectivity index (χ4n) is 3.90. The molecule has 0 spiro atoms. The van der Waals surface area contributed by atoms with Crippen LogP contribution in [0.25, 0.3) is 0 Å². The van der Waals surface area contributed by atoms with E-state index < -0.39 is 23.8 Å². The highest BCUT2D eigenvalue weighted by Crippen LogP contribution is 2.38. The number of hydrogen-bond donors (Lipinski definition) is 2. The molecule has 0 fully saturated rings. The Bertz CT molecular complexity index is 1410. The van der Waals surface area contributed by atoms with E-state index in [2.05, 4.69) is 15.8 Å². The summed E-state index contributed by atoms with van der Waals surface area (Å²) in [5, 5.41) is 8.61. The minimum Gasteiger partial charge on any atom is -0.493 e. The summed E-state index contributed by atoms with van der Waals surface area (Å²) in [5.74, 6) is -2.49. The molecule has 4 rings (SSSR count). The number of hydrazone groups is 1. The lowest BCUT2D eigenvalue weighted by Gasteiger charge is -2.11. The van der Waals surface area contributed by atoms with E-state index in [0.29, 0.717) is 32.5 Å². The van der Waals surface area contributed by atoms with E-state index in [1.54, 1.807) is 42.6 Å². The molecule has 198 valence electrons. The van der Waals surface area contributed by atoms with Crippen molar-refractivity contribution in [3.63, 3.8) is 0 Å². The van der Waals surface area contributed by atoms with Crippen LogP contribution in [0.3, 0.4) is 0 Å². The number of thiophene rings is 2. The predicted molar refractivity (Wildman–Crippen MR) is 144 cm³/mol. The number of carbonyl (C=O) groups is 4. The maximum atomic E-state index is 12.6. The zero-order valence-electron chi connectivity index (χ0n) is 20.9. The maximum absolute atomic E-state index is 12.6. The molecule has 1 aliphatic rings. The van der Waals surface area contributed by atoms with Gasteiger partial charge in [-0.05, 0) is 67.8 Å². The Morgan fingerprint density at radius 2 is 1.76 bits per heavy atom. The molecular formula is C26H25N3O7S2. The largest absolute Gasteiger partial charge is 0.493 e. The molecule has 3 aromatic rings. The Hall–Kier alpha value is -4.03. The number of anilines is 1. The van der Waals surface area contributed by atoms with Crippen LogP contribution in [-0.4, -0.2) is 43.7 Å². The third-order valence-electron chi connectivity index (χ3n) is 5.83. The average Bonchev–Trinajstić information content (AvgIpc) is 3.59. The van der Waals surface area contributed by atoms with E-state index in [4.69, 9.17) is 14.2 Å². The number of amides is 2. The van der Waals surface area contributed by atoms with E-state index in [1.165, 1.54) is 36.9 Å². The molecule has 38 heavy (non-hydrogen) atoms. The van der Waals surface area contributed by atoms with Crippen molar-refractivity contribution in [2.75, 3.05) is 19.5 Å². The van der Waals surface area contributed by atoms with Crippen LogP contribution >= 0.6 is 22.7 Å². The minimum absolute atomic E-state index is 0.228. The van der Waals surface area contributed by atoms with E-state index in [9.17, 15) is 19.2 Å². The van der Waals surface area contributed by atoms with Crippen LogP contribution in [0.15, 0.2) is 40.8 Å². The number of rotatable bonds is 7. The smallest absolute Gasteiger partial charge is 0.353 e. The molecule has 10 nitrogen and oxygen atoms in total. The Kier molecular flexibility index (Phi) is 8.54. The maximum Gasteiger partial charge on any atom is 0.353 e. The van der Waals surface area contributed by atoms with Crippen molar-refractivity contribution in [3.05, 3.63) is 62.2 Å². The van der Waals surface area contributed by atoms with E-state index >= 15 is 0 Å². The minimum atomic E-state index is -1.000. The van der Waals surface area contributed by atoms with Gasteiger partial charge in [-0.3, -0.25) is 9.59 Å². The van der Waals surface area contributed by atoms with Crippen molar-refractivity contribution in [1.29, 1.82) is 0 Å². The summed E-state index contributed by atoms with van der Waals surface area (Å²) in [6.07, 6.45) is 3.47. The molecule has 2 N–H and O–H groups in total. The van der Waals surface area contributed by atoms with Crippen LogP contribution in [0, 0.1) is 0 Å². The van der Waals surface area contributed by atoms with Gasteiger partial charge in [-0.1, -0.05) is 6.07 Å². The fourth-order valence-corrected chi connectivity index (χ4v) is 5.77. The quantitative estimate of drug-likeness (QED) is 0.147. The SMILES string of the molecule is COC(=O)c1c(NC(=O)C(=O)N/N=C(\C)c2ccc(OC(=O)c3cccs3)c(OC)c2)sc2c1CCCC2. The standard InChI is InChI=1S/C26H25N3O7S2/c1-14(15-10-11-17(18(13-15)34-2)36-25(32)20-9-6-12-37-20)28-29-23(31)22(30)27-24-21(26(33)35-3)16-7-4-5-8-19(16)38-24/h6,9-13H,4-5,7-8H2,1-3H3,(H,27,30)(H,29,31)/b28-14+. The zero-order chi connectivity index (χ0) is 27.2. The third kappa shape index (κ3) is 5.92. The Morgan fingerprint density at radius 3 is 2.47 bits per heavy atom. The third-order valence-corrected chi connectivity index (χ3v) is 7.88. The van der Waals surface area contributed by atoms with Gasteiger partial charge in [-0.15, -0.1) is 22.7 Å². The number of fused-ring (bicyclic) bond motifs is 1. The summed E-state index contributed by atoms with van der Waals surface area (Å²) in [6, 6.07) is 8.21. The van der Waals surface area contributed by atoms with Gasteiger partial charge in [0.2, 0.25) is 0 Å². The van der Waals surface area contributed by atoms with Gasteiger partial charge in [0.25, 0.3) is 0 Å². The molecule has 0 bridgehead atoms. The molecular weight excluding hydrogens is 530 g/mol. The van der Waals surface area contributed by atoms with Crippen LogP contribution in [-0.2, 0) is 27.2 Å². The first-order valence-corrected chi connectivity index (χ1v) is 13.3. The highest BCUT2D eigenvalue weighted by Gasteiger charge is 2.28. The second-order valence-electron chi connectivity index (χ2n) is 8.23. The van der Waals surface area contributed by atoms with Gasteiger partial charge < -0.3 is 19.5 Å². The molecule has 0 saturated heterocycles. The number of nitrogens with one attached hydrogen (secondary N) is 2. The van der Waals surface area contributed by atoms with Crippen LogP contribution < -0.4 is 20.2 Å². The lowest BCUT2D eigenvalue weighted by molar-refractivity contribution is -0.136. The fraction of sp³-hybridized carbons (Fsp3) is 0.269. The second-order valence-corrected chi connectivity index (χ2v) is 10.3. The number of methoxy groups -OCH3 is 2. The van der Waals surface area contributed by atoms with E-state index in [-0.39, 0.29) is 5.75 Å². The van der Waals surface area contributed by atoms with Crippen molar-refractivity contribution in [3.8, 4) is 11.5 Å². The number of esters is 2. The zero-order valence-corrected chi connectivity index (χ0v) is 22.5. The number of benzene rings is 1. The average molecular weight is 556 g/mol. The van der Waals surface area contributed by atoms with Gasteiger partial charge in [0.1, 0.15) is 9.88 Å². The molecule has 2 heterocycles. The summed E-state index contributed by atoms with van der Waals surface area (Å²) >= 11 is 2.55. The molecule has 0 atom stereocenters. The van der Waals surface area contributed by atoms with Gasteiger partial charge in [-0.25, -0.2) is 15.0 Å². The monoisotopic (exact) mass is 555 g/mol. The molecule has 2 amide bonds. The summed E-state index contributed by atoms with van der Waals surface area (Å²) in [4.78, 5) is 51.1. The Morgan fingerprint density at radius 1 is 0.974 bits per heavy atom. The van der Waals surface area contributed by atoms with Crippen molar-refractivity contribution in [2.45, 2.75) is 32.6 Å². The number of hydrogen-bond acceptors (Lipinski definition) is 10. The molecule has 0 saturated carbocycles. The molecule has 0 aliphatic heterocycles. The number of ether oxygens (including phenoxy) is 3. The van der Waals surface area contributed by atoms with Gasteiger partial charge in [0, 0.05) is 10.4 Å². The molecule has 0 unspecified atom stereocenters.